The highest BCUT2D eigenvalue weighted by atomic mass is 16.3. The Morgan fingerprint density at radius 3 is 2.65 bits per heavy atom. The first-order chi connectivity index (χ1) is 9.52. The van der Waals surface area contributed by atoms with Crippen molar-refractivity contribution < 1.29 is 14.0 Å². The Balaban J connectivity index is 2.25. The molecular formula is C14H23N3O3. The second kappa shape index (κ2) is 8.24. The largest absolute Gasteiger partial charge is 0.469 e. The fraction of sp³-hybridized carbons (Fsp3) is 0.571. The van der Waals surface area contributed by atoms with Crippen LogP contribution in [0, 0.1) is 0 Å². The van der Waals surface area contributed by atoms with Crippen molar-refractivity contribution in [2.45, 2.75) is 45.7 Å². The van der Waals surface area contributed by atoms with Crippen molar-refractivity contribution in [1.29, 1.82) is 0 Å². The minimum absolute atomic E-state index is 0.00142. The van der Waals surface area contributed by atoms with Crippen LogP contribution in [0.5, 0.6) is 0 Å². The minimum atomic E-state index is -0.549. The molecule has 0 saturated carbocycles. The Morgan fingerprint density at radius 1 is 1.30 bits per heavy atom. The zero-order chi connectivity index (χ0) is 15.0. The molecule has 0 unspecified atom stereocenters. The summed E-state index contributed by atoms with van der Waals surface area (Å²) in [5, 5.41) is 8.06. The molecule has 0 aromatic carbocycles. The molecule has 6 heteroatoms. The van der Waals surface area contributed by atoms with Crippen molar-refractivity contribution in [2.24, 2.45) is 0 Å². The Morgan fingerprint density at radius 2 is 2.05 bits per heavy atom. The van der Waals surface area contributed by atoms with Gasteiger partial charge in [0.25, 0.3) is 0 Å². The molecule has 0 spiro atoms. The number of likely N-dealkylation sites (N-methyl/N-ethyl adjacent to an activating group) is 1. The molecule has 0 saturated heterocycles. The lowest BCUT2D eigenvalue weighted by atomic mass is 10.1. The number of carbonyl (C=O) groups excluding carboxylic acids is 2. The van der Waals surface area contributed by atoms with Gasteiger partial charge in [-0.05, 0) is 39.3 Å². The molecule has 0 fully saturated rings. The molecule has 1 aromatic heterocycles. The van der Waals surface area contributed by atoms with Crippen LogP contribution in [-0.4, -0.2) is 30.6 Å². The average Bonchev–Trinajstić information content (AvgIpc) is 2.89. The third kappa shape index (κ3) is 5.77. The molecule has 6 nitrogen and oxygen atoms in total. The maximum absolute atomic E-state index is 11.7. The molecule has 20 heavy (non-hydrogen) atoms. The molecule has 0 aliphatic heterocycles. The lowest BCUT2D eigenvalue weighted by Gasteiger charge is -2.17. The molecule has 0 radical (unpaired) electrons. The topological polar surface area (TPSA) is 83.4 Å². The summed E-state index contributed by atoms with van der Waals surface area (Å²) in [7, 11) is 0. The van der Waals surface area contributed by atoms with Crippen molar-refractivity contribution in [3.05, 3.63) is 24.2 Å². The van der Waals surface area contributed by atoms with Gasteiger partial charge in [-0.2, -0.15) is 0 Å². The normalized spacial score (nSPS) is 13.3. The smallest absolute Gasteiger partial charge is 0.315 e. The van der Waals surface area contributed by atoms with E-state index in [0.717, 1.165) is 18.6 Å². The number of furan rings is 1. The van der Waals surface area contributed by atoms with Crippen LogP contribution in [0.4, 0.5) is 4.79 Å². The van der Waals surface area contributed by atoms with E-state index in [1.165, 1.54) is 0 Å². The molecule has 0 bridgehead atoms. The molecule has 112 valence electrons. The summed E-state index contributed by atoms with van der Waals surface area (Å²) in [6.45, 7) is 5.95. The van der Waals surface area contributed by atoms with Gasteiger partial charge < -0.3 is 20.4 Å². The van der Waals surface area contributed by atoms with Gasteiger partial charge in [0.05, 0.1) is 6.26 Å². The molecular weight excluding hydrogens is 258 g/mol. The van der Waals surface area contributed by atoms with E-state index in [1.807, 2.05) is 26.0 Å². The quantitative estimate of drug-likeness (QED) is 0.707. The van der Waals surface area contributed by atoms with Gasteiger partial charge in [-0.15, -0.1) is 0 Å². The first kappa shape index (κ1) is 16.1. The molecule has 3 N–H and O–H groups in total. The van der Waals surface area contributed by atoms with Crippen LogP contribution < -0.4 is 16.0 Å². The van der Waals surface area contributed by atoms with E-state index in [-0.39, 0.29) is 18.0 Å². The van der Waals surface area contributed by atoms with Gasteiger partial charge in [0.15, 0.2) is 0 Å². The Hall–Kier alpha value is -1.98. The molecule has 1 aromatic rings. The molecule has 2 atom stereocenters. The highest BCUT2D eigenvalue weighted by Gasteiger charge is 2.15. The first-order valence-electron chi connectivity index (χ1n) is 6.90. The number of hydrogen-bond donors (Lipinski definition) is 3. The number of amides is 3. The number of carbonyl (C=O) groups is 2. The van der Waals surface area contributed by atoms with Crippen LogP contribution >= 0.6 is 0 Å². The lowest BCUT2D eigenvalue weighted by molar-refractivity contribution is -0.122. The Kier molecular flexibility index (Phi) is 6.63. The molecule has 0 aliphatic rings. The van der Waals surface area contributed by atoms with Crippen LogP contribution in [-0.2, 0) is 11.2 Å². The summed E-state index contributed by atoms with van der Waals surface area (Å²) in [4.78, 5) is 23.2. The van der Waals surface area contributed by atoms with Crippen LogP contribution in [0.2, 0.25) is 0 Å². The zero-order valence-corrected chi connectivity index (χ0v) is 12.2. The maximum Gasteiger partial charge on any atom is 0.315 e. The number of aryl methyl sites for hydroxylation is 1. The van der Waals surface area contributed by atoms with Crippen molar-refractivity contribution in [3.8, 4) is 0 Å². The van der Waals surface area contributed by atoms with E-state index in [0.29, 0.717) is 6.54 Å². The summed E-state index contributed by atoms with van der Waals surface area (Å²) in [5.74, 6) is 0.709. The van der Waals surface area contributed by atoms with E-state index in [9.17, 15) is 9.59 Å². The van der Waals surface area contributed by atoms with Gasteiger partial charge in [0.1, 0.15) is 11.8 Å². The third-order valence-electron chi connectivity index (χ3n) is 2.87. The van der Waals surface area contributed by atoms with Crippen LogP contribution in [0.1, 0.15) is 33.0 Å². The fourth-order valence-corrected chi connectivity index (χ4v) is 1.74. The van der Waals surface area contributed by atoms with E-state index < -0.39 is 6.04 Å². The van der Waals surface area contributed by atoms with E-state index in [4.69, 9.17) is 4.42 Å². The maximum atomic E-state index is 11.7. The predicted octanol–water partition coefficient (Wildman–Crippen LogP) is 1.42. The predicted molar refractivity (Wildman–Crippen MR) is 76.3 cm³/mol. The third-order valence-corrected chi connectivity index (χ3v) is 2.87. The van der Waals surface area contributed by atoms with Crippen molar-refractivity contribution in [2.75, 3.05) is 6.54 Å². The Labute approximate surface area is 119 Å². The van der Waals surface area contributed by atoms with Gasteiger partial charge >= 0.3 is 6.03 Å². The highest BCUT2D eigenvalue weighted by molar-refractivity contribution is 5.86. The van der Waals surface area contributed by atoms with E-state index in [2.05, 4.69) is 16.0 Å². The number of rotatable bonds is 7. The molecule has 3 amide bonds. The summed E-state index contributed by atoms with van der Waals surface area (Å²) in [6, 6.07) is 2.86. The fourth-order valence-electron chi connectivity index (χ4n) is 1.74. The minimum Gasteiger partial charge on any atom is -0.469 e. The van der Waals surface area contributed by atoms with Crippen molar-refractivity contribution in [1.82, 2.24) is 16.0 Å². The number of urea groups is 1. The molecule has 0 aliphatic carbocycles. The van der Waals surface area contributed by atoms with Gasteiger partial charge in [0, 0.05) is 19.0 Å². The summed E-state index contributed by atoms with van der Waals surface area (Å²) in [6.07, 6.45) is 3.17. The molecule has 1 heterocycles. The first-order valence-corrected chi connectivity index (χ1v) is 6.90. The van der Waals surface area contributed by atoms with Crippen molar-refractivity contribution >= 4 is 11.9 Å². The number of hydrogen-bond acceptors (Lipinski definition) is 3. The van der Waals surface area contributed by atoms with E-state index in [1.54, 1.807) is 13.2 Å². The van der Waals surface area contributed by atoms with Crippen LogP contribution in [0.15, 0.2) is 22.8 Å². The summed E-state index contributed by atoms with van der Waals surface area (Å²) in [5.41, 5.74) is 0. The lowest BCUT2D eigenvalue weighted by Crippen LogP contribution is -2.50. The second-order valence-electron chi connectivity index (χ2n) is 4.75. The van der Waals surface area contributed by atoms with Gasteiger partial charge in [0.2, 0.25) is 5.91 Å². The zero-order valence-electron chi connectivity index (χ0n) is 12.2. The van der Waals surface area contributed by atoms with Crippen LogP contribution in [0.25, 0.3) is 0 Å². The average molecular weight is 281 g/mol. The van der Waals surface area contributed by atoms with Crippen molar-refractivity contribution in [3.63, 3.8) is 0 Å². The molecule has 1 rings (SSSR count). The van der Waals surface area contributed by atoms with Gasteiger partial charge in [-0.3, -0.25) is 4.79 Å². The summed E-state index contributed by atoms with van der Waals surface area (Å²) >= 11 is 0. The van der Waals surface area contributed by atoms with E-state index >= 15 is 0 Å². The Bertz CT molecular complexity index is 417. The highest BCUT2D eigenvalue weighted by Crippen LogP contribution is 2.05. The SMILES string of the molecule is CCNC(=O)[C@@H](C)NC(=O)N[C@H](C)CCc1ccco1. The second-order valence-corrected chi connectivity index (χ2v) is 4.75. The summed E-state index contributed by atoms with van der Waals surface area (Å²) < 4.78 is 5.23. The van der Waals surface area contributed by atoms with Gasteiger partial charge in [-0.25, -0.2) is 4.79 Å². The standard InChI is InChI=1S/C14H23N3O3/c1-4-15-13(18)11(3)17-14(19)16-10(2)7-8-12-6-5-9-20-12/h5-6,9-11H,4,7-8H2,1-3H3,(H,15,18)(H2,16,17,19)/t10-,11-/m1/s1. The number of nitrogens with one attached hydrogen (secondary N) is 3. The monoisotopic (exact) mass is 281 g/mol. The van der Waals surface area contributed by atoms with Crippen LogP contribution in [0.3, 0.4) is 0 Å². The van der Waals surface area contributed by atoms with Gasteiger partial charge in [-0.1, -0.05) is 0 Å².